The van der Waals surface area contributed by atoms with E-state index in [-0.39, 0.29) is 0 Å². The minimum atomic E-state index is 0.569. The quantitative estimate of drug-likeness (QED) is 0.828. The predicted octanol–water partition coefficient (Wildman–Crippen LogP) is 1.57. The second-order valence-corrected chi connectivity index (χ2v) is 5.78. The SMILES string of the molecule is COCCOCc1ccc2c(c1)N1C(C)CNCC1C2. The fourth-order valence-electron chi connectivity index (χ4n) is 3.32. The molecule has 0 bridgehead atoms. The first-order valence-corrected chi connectivity index (χ1v) is 7.47. The van der Waals surface area contributed by atoms with Crippen LogP contribution >= 0.6 is 0 Å². The fourth-order valence-corrected chi connectivity index (χ4v) is 3.32. The molecule has 1 N–H and O–H groups in total. The second-order valence-electron chi connectivity index (χ2n) is 5.78. The molecule has 4 nitrogen and oxygen atoms in total. The van der Waals surface area contributed by atoms with Crippen molar-refractivity contribution in [2.45, 2.75) is 32.0 Å². The topological polar surface area (TPSA) is 33.7 Å². The number of ether oxygens (including phenoxy) is 2. The average Bonchev–Trinajstić information content (AvgIpc) is 2.82. The molecule has 0 amide bonds. The van der Waals surface area contributed by atoms with Crippen LogP contribution in [0.1, 0.15) is 18.1 Å². The van der Waals surface area contributed by atoms with Crippen LogP contribution in [0.2, 0.25) is 0 Å². The Morgan fingerprint density at radius 3 is 3.05 bits per heavy atom. The van der Waals surface area contributed by atoms with Crippen molar-refractivity contribution in [1.82, 2.24) is 5.32 Å². The summed E-state index contributed by atoms with van der Waals surface area (Å²) < 4.78 is 10.6. The van der Waals surface area contributed by atoms with Gasteiger partial charge in [-0.1, -0.05) is 12.1 Å². The highest BCUT2D eigenvalue weighted by molar-refractivity contribution is 5.62. The first-order valence-electron chi connectivity index (χ1n) is 7.47. The molecule has 2 heterocycles. The Labute approximate surface area is 121 Å². The molecule has 1 saturated heterocycles. The number of benzene rings is 1. The Balaban J connectivity index is 1.71. The van der Waals surface area contributed by atoms with Crippen molar-refractivity contribution in [3.8, 4) is 0 Å². The van der Waals surface area contributed by atoms with Gasteiger partial charge in [0, 0.05) is 38.0 Å². The van der Waals surface area contributed by atoms with Gasteiger partial charge in [-0.05, 0) is 30.5 Å². The zero-order valence-electron chi connectivity index (χ0n) is 12.4. The van der Waals surface area contributed by atoms with Gasteiger partial charge in [0.1, 0.15) is 0 Å². The fraction of sp³-hybridized carbons (Fsp3) is 0.625. The van der Waals surface area contributed by atoms with Crippen LogP contribution in [0.25, 0.3) is 0 Å². The summed E-state index contributed by atoms with van der Waals surface area (Å²) in [6.07, 6.45) is 1.16. The Hall–Kier alpha value is -1.10. The molecule has 110 valence electrons. The lowest BCUT2D eigenvalue weighted by atomic mass is 10.1. The van der Waals surface area contributed by atoms with E-state index in [4.69, 9.17) is 9.47 Å². The molecule has 2 aliphatic heterocycles. The van der Waals surface area contributed by atoms with Crippen molar-refractivity contribution in [2.24, 2.45) is 0 Å². The third-order valence-corrected chi connectivity index (χ3v) is 4.27. The van der Waals surface area contributed by atoms with Crippen LogP contribution in [-0.4, -0.2) is 45.5 Å². The highest BCUT2D eigenvalue weighted by Gasteiger charge is 2.34. The molecule has 0 aliphatic carbocycles. The van der Waals surface area contributed by atoms with E-state index < -0.39 is 0 Å². The zero-order chi connectivity index (χ0) is 13.9. The smallest absolute Gasteiger partial charge is 0.0718 e. The molecule has 0 spiro atoms. The number of anilines is 1. The molecule has 0 aromatic heterocycles. The molecule has 0 radical (unpaired) electrons. The van der Waals surface area contributed by atoms with Gasteiger partial charge in [0.15, 0.2) is 0 Å². The predicted molar refractivity (Wildman–Crippen MR) is 80.3 cm³/mol. The minimum absolute atomic E-state index is 0.569. The van der Waals surface area contributed by atoms with E-state index in [0.29, 0.717) is 31.9 Å². The monoisotopic (exact) mass is 276 g/mol. The number of hydrogen-bond acceptors (Lipinski definition) is 4. The van der Waals surface area contributed by atoms with Crippen molar-refractivity contribution >= 4 is 5.69 Å². The summed E-state index contributed by atoms with van der Waals surface area (Å²) in [6.45, 7) is 6.45. The number of nitrogens with zero attached hydrogens (tertiary/aromatic N) is 1. The second kappa shape index (κ2) is 6.12. The summed E-state index contributed by atoms with van der Waals surface area (Å²) in [7, 11) is 1.70. The molecule has 2 atom stereocenters. The van der Waals surface area contributed by atoms with Crippen molar-refractivity contribution in [1.29, 1.82) is 0 Å². The third-order valence-electron chi connectivity index (χ3n) is 4.27. The van der Waals surface area contributed by atoms with Crippen molar-refractivity contribution in [3.63, 3.8) is 0 Å². The lowest BCUT2D eigenvalue weighted by Gasteiger charge is -2.38. The van der Waals surface area contributed by atoms with Crippen LogP contribution in [0.5, 0.6) is 0 Å². The van der Waals surface area contributed by atoms with E-state index >= 15 is 0 Å². The molecular formula is C16H24N2O2. The van der Waals surface area contributed by atoms with Gasteiger partial charge in [-0.2, -0.15) is 0 Å². The van der Waals surface area contributed by atoms with Crippen LogP contribution in [-0.2, 0) is 22.5 Å². The summed E-state index contributed by atoms with van der Waals surface area (Å²) in [5.74, 6) is 0. The number of piperazine rings is 1. The van der Waals surface area contributed by atoms with Crippen LogP contribution in [0.4, 0.5) is 5.69 Å². The van der Waals surface area contributed by atoms with Gasteiger partial charge in [-0.25, -0.2) is 0 Å². The molecule has 2 aliphatic rings. The maximum Gasteiger partial charge on any atom is 0.0718 e. The van der Waals surface area contributed by atoms with E-state index in [9.17, 15) is 0 Å². The lowest BCUT2D eigenvalue weighted by Crippen LogP contribution is -2.54. The molecule has 1 aromatic carbocycles. The van der Waals surface area contributed by atoms with Crippen LogP contribution in [0.15, 0.2) is 18.2 Å². The summed E-state index contributed by atoms with van der Waals surface area (Å²) in [6, 6.07) is 7.97. The highest BCUT2D eigenvalue weighted by Crippen LogP contribution is 2.35. The first kappa shape index (κ1) is 13.9. The van der Waals surface area contributed by atoms with Gasteiger partial charge < -0.3 is 19.7 Å². The number of hydrogen-bond donors (Lipinski definition) is 1. The number of nitrogens with one attached hydrogen (secondary N) is 1. The van der Waals surface area contributed by atoms with Crippen molar-refractivity contribution < 1.29 is 9.47 Å². The molecule has 3 rings (SSSR count). The van der Waals surface area contributed by atoms with Crippen molar-refractivity contribution in [3.05, 3.63) is 29.3 Å². The van der Waals surface area contributed by atoms with Crippen LogP contribution in [0, 0.1) is 0 Å². The minimum Gasteiger partial charge on any atom is -0.382 e. The van der Waals surface area contributed by atoms with Gasteiger partial charge >= 0.3 is 0 Å². The maximum absolute atomic E-state index is 5.63. The van der Waals surface area contributed by atoms with Gasteiger partial charge in [0.05, 0.1) is 19.8 Å². The van der Waals surface area contributed by atoms with Crippen LogP contribution < -0.4 is 10.2 Å². The van der Waals surface area contributed by atoms with Gasteiger partial charge in [-0.3, -0.25) is 0 Å². The van der Waals surface area contributed by atoms with Gasteiger partial charge in [0.2, 0.25) is 0 Å². The van der Waals surface area contributed by atoms with E-state index in [1.807, 2.05) is 0 Å². The van der Waals surface area contributed by atoms with E-state index in [1.165, 1.54) is 16.8 Å². The molecular weight excluding hydrogens is 252 g/mol. The normalized spacial score (nSPS) is 24.6. The van der Waals surface area contributed by atoms with E-state index in [0.717, 1.165) is 19.5 Å². The number of rotatable bonds is 5. The molecule has 4 heteroatoms. The summed E-state index contributed by atoms with van der Waals surface area (Å²) >= 11 is 0. The summed E-state index contributed by atoms with van der Waals surface area (Å²) in [5.41, 5.74) is 4.15. The maximum atomic E-state index is 5.63. The lowest BCUT2D eigenvalue weighted by molar-refractivity contribution is 0.0617. The van der Waals surface area contributed by atoms with Crippen molar-refractivity contribution in [2.75, 3.05) is 38.3 Å². The highest BCUT2D eigenvalue weighted by atomic mass is 16.5. The summed E-state index contributed by atoms with van der Waals surface area (Å²) in [5, 5.41) is 3.52. The third kappa shape index (κ3) is 2.68. The molecule has 0 saturated carbocycles. The molecule has 2 unspecified atom stereocenters. The Kier molecular flexibility index (Phi) is 4.24. The van der Waals surface area contributed by atoms with Gasteiger partial charge in [0.25, 0.3) is 0 Å². The average molecular weight is 276 g/mol. The largest absolute Gasteiger partial charge is 0.382 e. The Morgan fingerprint density at radius 2 is 2.20 bits per heavy atom. The first-order chi connectivity index (χ1) is 9.79. The zero-order valence-corrected chi connectivity index (χ0v) is 12.4. The van der Waals surface area contributed by atoms with E-state index in [2.05, 4.69) is 35.3 Å². The summed E-state index contributed by atoms with van der Waals surface area (Å²) in [4.78, 5) is 2.59. The Morgan fingerprint density at radius 1 is 1.30 bits per heavy atom. The number of methoxy groups -OCH3 is 1. The standard InChI is InChI=1S/C16H24N2O2/c1-12-9-17-10-15-8-14-4-3-13(7-16(14)18(12)15)11-20-6-5-19-2/h3-4,7,12,15,17H,5-6,8-11H2,1-2H3. The molecule has 1 aromatic rings. The molecule has 20 heavy (non-hydrogen) atoms. The number of fused-ring (bicyclic) bond motifs is 3. The van der Waals surface area contributed by atoms with Crippen LogP contribution in [0.3, 0.4) is 0 Å². The van der Waals surface area contributed by atoms with Gasteiger partial charge in [-0.15, -0.1) is 0 Å². The van der Waals surface area contributed by atoms with E-state index in [1.54, 1.807) is 7.11 Å². The Bertz CT molecular complexity index is 464. The molecule has 1 fully saturated rings.